The first kappa shape index (κ1) is 22.9. The number of hydrogen-bond donors (Lipinski definition) is 0. The highest BCUT2D eigenvalue weighted by atomic mass is 19.4. The van der Waals surface area contributed by atoms with Gasteiger partial charge in [-0.1, -0.05) is 36.4 Å². The Hall–Kier alpha value is -2.74. The van der Waals surface area contributed by atoms with Gasteiger partial charge >= 0.3 is 6.18 Å². The molecule has 0 atom stereocenters. The summed E-state index contributed by atoms with van der Waals surface area (Å²) in [6, 6.07) is 15.0. The predicted octanol–water partition coefficient (Wildman–Crippen LogP) is 3.91. The van der Waals surface area contributed by atoms with Crippen molar-refractivity contribution in [1.82, 2.24) is 9.80 Å². The fraction of sp³-hybridized carbons (Fsp3) is 0.435. The molecule has 3 rings (SSSR count). The first-order valence-electron chi connectivity index (χ1n) is 10.2. The van der Waals surface area contributed by atoms with Gasteiger partial charge in [0.1, 0.15) is 0 Å². The number of methoxy groups -OCH3 is 1. The molecular weight excluding hydrogens is 409 g/mol. The molecule has 1 saturated heterocycles. The summed E-state index contributed by atoms with van der Waals surface area (Å²) in [5, 5.41) is 0. The van der Waals surface area contributed by atoms with E-state index in [0.717, 1.165) is 25.2 Å². The molecule has 1 amide bonds. The summed E-state index contributed by atoms with van der Waals surface area (Å²) >= 11 is 0. The Morgan fingerprint density at radius 1 is 0.968 bits per heavy atom. The molecule has 2 aromatic rings. The number of hydrogen-bond acceptors (Lipinski definition) is 4. The number of alkyl halides is 3. The molecule has 1 aliphatic heterocycles. The average Bonchev–Trinajstić information content (AvgIpc) is 2.77. The van der Waals surface area contributed by atoms with Crippen molar-refractivity contribution in [2.75, 3.05) is 39.9 Å². The van der Waals surface area contributed by atoms with E-state index < -0.39 is 12.8 Å². The maximum atomic E-state index is 12.6. The van der Waals surface area contributed by atoms with Gasteiger partial charge in [-0.25, -0.2) is 0 Å². The highest BCUT2D eigenvalue weighted by Crippen LogP contribution is 2.30. The van der Waals surface area contributed by atoms with Gasteiger partial charge in [0.15, 0.2) is 18.1 Å². The van der Waals surface area contributed by atoms with E-state index in [4.69, 9.17) is 9.47 Å². The first-order chi connectivity index (χ1) is 14.8. The van der Waals surface area contributed by atoms with Crippen LogP contribution in [0.25, 0.3) is 0 Å². The molecule has 0 aliphatic carbocycles. The van der Waals surface area contributed by atoms with Crippen LogP contribution in [0.2, 0.25) is 0 Å². The van der Waals surface area contributed by atoms with Crippen molar-refractivity contribution in [2.24, 2.45) is 0 Å². The van der Waals surface area contributed by atoms with Crippen molar-refractivity contribution in [2.45, 2.75) is 25.6 Å². The molecule has 1 aliphatic rings. The summed E-state index contributed by atoms with van der Waals surface area (Å²) in [6.07, 6.45) is -3.59. The van der Waals surface area contributed by atoms with Gasteiger partial charge in [0.05, 0.1) is 7.11 Å². The summed E-state index contributed by atoms with van der Waals surface area (Å²) in [4.78, 5) is 16.8. The summed E-state index contributed by atoms with van der Waals surface area (Å²) in [6.45, 7) is 2.56. The predicted molar refractivity (Wildman–Crippen MR) is 111 cm³/mol. The fourth-order valence-corrected chi connectivity index (χ4v) is 3.55. The molecule has 0 N–H and O–H groups in total. The topological polar surface area (TPSA) is 42.0 Å². The number of ether oxygens (including phenoxy) is 2. The number of benzene rings is 2. The van der Waals surface area contributed by atoms with Gasteiger partial charge in [0, 0.05) is 39.1 Å². The third kappa shape index (κ3) is 7.17. The number of amides is 1. The van der Waals surface area contributed by atoms with E-state index in [2.05, 4.69) is 17.0 Å². The highest BCUT2D eigenvalue weighted by molar-refractivity contribution is 5.76. The van der Waals surface area contributed by atoms with Crippen LogP contribution in [0.15, 0.2) is 48.5 Å². The van der Waals surface area contributed by atoms with Crippen LogP contribution in [0.3, 0.4) is 0 Å². The van der Waals surface area contributed by atoms with Crippen LogP contribution in [0, 0.1) is 0 Å². The maximum absolute atomic E-state index is 12.6. The number of carbonyl (C=O) groups is 1. The van der Waals surface area contributed by atoms with Gasteiger partial charge in [-0.05, 0) is 29.7 Å². The molecule has 1 heterocycles. The Bertz CT molecular complexity index is 851. The number of nitrogens with zero attached hydrogens (tertiary/aromatic N) is 2. The van der Waals surface area contributed by atoms with Gasteiger partial charge in [-0.3, -0.25) is 9.69 Å². The Morgan fingerprint density at radius 2 is 1.68 bits per heavy atom. The number of carbonyl (C=O) groups excluding carboxylic acids is 1. The Morgan fingerprint density at radius 3 is 2.32 bits per heavy atom. The van der Waals surface area contributed by atoms with E-state index in [1.165, 1.54) is 18.7 Å². The third-order valence-corrected chi connectivity index (χ3v) is 5.22. The molecule has 8 heteroatoms. The lowest BCUT2D eigenvalue weighted by Gasteiger charge is -2.34. The van der Waals surface area contributed by atoms with Crippen molar-refractivity contribution in [3.05, 3.63) is 59.7 Å². The molecule has 2 aromatic carbocycles. The molecule has 1 fully saturated rings. The third-order valence-electron chi connectivity index (χ3n) is 5.22. The zero-order valence-corrected chi connectivity index (χ0v) is 17.5. The standard InChI is InChI=1S/C23H27F3N2O3/c1-30-21-15-18(7-9-20(21)31-17-23(24,25)26)8-10-22(29)28-13-11-27(12-14-28)16-19-5-3-2-4-6-19/h2-7,9,15H,8,10-14,16-17H2,1H3. The SMILES string of the molecule is COc1cc(CCC(=O)N2CCN(Cc3ccccc3)CC2)ccc1OCC(F)(F)F. The average molecular weight is 436 g/mol. The molecule has 0 spiro atoms. The minimum Gasteiger partial charge on any atom is -0.493 e. The van der Waals surface area contributed by atoms with E-state index in [1.54, 1.807) is 12.1 Å². The van der Waals surface area contributed by atoms with E-state index in [0.29, 0.717) is 25.9 Å². The Balaban J connectivity index is 1.46. The van der Waals surface area contributed by atoms with E-state index in [9.17, 15) is 18.0 Å². The second-order valence-corrected chi connectivity index (χ2v) is 7.53. The van der Waals surface area contributed by atoms with Crippen LogP contribution in [-0.4, -0.2) is 61.8 Å². The van der Waals surface area contributed by atoms with E-state index in [1.807, 2.05) is 23.1 Å². The highest BCUT2D eigenvalue weighted by Gasteiger charge is 2.29. The van der Waals surface area contributed by atoms with Gasteiger partial charge in [0.25, 0.3) is 0 Å². The van der Waals surface area contributed by atoms with Crippen molar-refractivity contribution in [1.29, 1.82) is 0 Å². The normalized spacial score (nSPS) is 15.0. The van der Waals surface area contributed by atoms with Crippen LogP contribution in [0.1, 0.15) is 17.5 Å². The van der Waals surface area contributed by atoms with Crippen LogP contribution in [-0.2, 0) is 17.8 Å². The second-order valence-electron chi connectivity index (χ2n) is 7.53. The van der Waals surface area contributed by atoms with Crippen LogP contribution < -0.4 is 9.47 Å². The lowest BCUT2D eigenvalue weighted by atomic mass is 10.1. The minimum atomic E-state index is -4.42. The van der Waals surface area contributed by atoms with Crippen LogP contribution in [0.5, 0.6) is 11.5 Å². The summed E-state index contributed by atoms with van der Waals surface area (Å²) in [7, 11) is 1.37. The fourth-order valence-electron chi connectivity index (χ4n) is 3.55. The van der Waals surface area contributed by atoms with Gasteiger partial charge < -0.3 is 14.4 Å². The van der Waals surface area contributed by atoms with Crippen molar-refractivity contribution >= 4 is 5.91 Å². The maximum Gasteiger partial charge on any atom is 0.422 e. The number of piperazine rings is 1. The van der Waals surface area contributed by atoms with Gasteiger partial charge in [-0.15, -0.1) is 0 Å². The minimum absolute atomic E-state index is 0.0319. The summed E-state index contributed by atoms with van der Waals surface area (Å²) in [5.41, 5.74) is 2.08. The summed E-state index contributed by atoms with van der Waals surface area (Å²) < 4.78 is 47.0. The van der Waals surface area contributed by atoms with Gasteiger partial charge in [-0.2, -0.15) is 13.2 Å². The zero-order valence-electron chi connectivity index (χ0n) is 17.5. The molecule has 5 nitrogen and oxygen atoms in total. The number of halogens is 3. The molecule has 168 valence electrons. The van der Waals surface area contributed by atoms with Crippen LogP contribution in [0.4, 0.5) is 13.2 Å². The second kappa shape index (κ2) is 10.5. The number of rotatable bonds is 8. The zero-order chi connectivity index (χ0) is 22.3. The lowest BCUT2D eigenvalue weighted by Crippen LogP contribution is -2.48. The molecule has 0 radical (unpaired) electrons. The Labute approximate surface area is 180 Å². The molecular formula is C23H27F3N2O3. The van der Waals surface area contributed by atoms with Gasteiger partial charge in [0.2, 0.25) is 5.91 Å². The van der Waals surface area contributed by atoms with Crippen molar-refractivity contribution in [3.63, 3.8) is 0 Å². The lowest BCUT2D eigenvalue weighted by molar-refractivity contribution is -0.153. The van der Waals surface area contributed by atoms with Crippen molar-refractivity contribution in [3.8, 4) is 11.5 Å². The smallest absolute Gasteiger partial charge is 0.422 e. The first-order valence-corrected chi connectivity index (χ1v) is 10.2. The van der Waals surface area contributed by atoms with Crippen LogP contribution >= 0.6 is 0 Å². The van der Waals surface area contributed by atoms with E-state index in [-0.39, 0.29) is 17.4 Å². The van der Waals surface area contributed by atoms with E-state index >= 15 is 0 Å². The summed E-state index contributed by atoms with van der Waals surface area (Å²) in [5.74, 6) is 0.337. The molecule has 0 aromatic heterocycles. The van der Waals surface area contributed by atoms with Crippen molar-refractivity contribution < 1.29 is 27.4 Å². The quantitative estimate of drug-likeness (QED) is 0.629. The Kier molecular flexibility index (Phi) is 7.79. The monoisotopic (exact) mass is 436 g/mol. The molecule has 0 unspecified atom stereocenters. The molecule has 31 heavy (non-hydrogen) atoms. The molecule has 0 saturated carbocycles. The molecule has 0 bridgehead atoms. The largest absolute Gasteiger partial charge is 0.493 e. The number of aryl methyl sites for hydroxylation is 1.